The van der Waals surface area contributed by atoms with Crippen molar-refractivity contribution < 1.29 is 0 Å². The van der Waals surface area contributed by atoms with Crippen molar-refractivity contribution >= 4 is 17.3 Å². The van der Waals surface area contributed by atoms with Crippen LogP contribution in [0.4, 0.5) is 17.3 Å². The van der Waals surface area contributed by atoms with E-state index in [0.29, 0.717) is 12.4 Å². The summed E-state index contributed by atoms with van der Waals surface area (Å²) in [4.78, 5) is 9.24. The molecule has 0 aliphatic carbocycles. The van der Waals surface area contributed by atoms with Crippen LogP contribution in [0.3, 0.4) is 0 Å². The van der Waals surface area contributed by atoms with Crippen molar-refractivity contribution in [2.75, 3.05) is 17.2 Å². The standard InChI is InChI=1S/C20H20N4/c1-3-12-21-18-14-19(22-17-11-7-8-15(2)13-17)24-20(23-18)16-9-5-4-6-10-16/h3-11,13-14H,1,12H2,2H3,(H2,21,22,23,24). The van der Waals surface area contributed by atoms with E-state index in [0.717, 1.165) is 22.9 Å². The molecule has 0 aliphatic rings. The number of nitrogens with one attached hydrogen (secondary N) is 2. The summed E-state index contributed by atoms with van der Waals surface area (Å²) in [5.41, 5.74) is 3.18. The van der Waals surface area contributed by atoms with Gasteiger partial charge in [-0.1, -0.05) is 48.5 Å². The minimum absolute atomic E-state index is 0.648. The maximum atomic E-state index is 4.65. The topological polar surface area (TPSA) is 49.8 Å². The van der Waals surface area contributed by atoms with E-state index in [-0.39, 0.29) is 0 Å². The van der Waals surface area contributed by atoms with E-state index < -0.39 is 0 Å². The molecule has 0 saturated heterocycles. The predicted octanol–water partition coefficient (Wildman–Crippen LogP) is 4.79. The summed E-state index contributed by atoms with van der Waals surface area (Å²) in [5, 5.41) is 6.59. The summed E-state index contributed by atoms with van der Waals surface area (Å²) in [7, 11) is 0. The monoisotopic (exact) mass is 316 g/mol. The second-order valence-corrected chi connectivity index (χ2v) is 5.49. The lowest BCUT2D eigenvalue weighted by molar-refractivity contribution is 1.15. The van der Waals surface area contributed by atoms with E-state index in [4.69, 9.17) is 0 Å². The second-order valence-electron chi connectivity index (χ2n) is 5.49. The summed E-state index contributed by atoms with van der Waals surface area (Å²) in [6.07, 6.45) is 1.80. The van der Waals surface area contributed by atoms with Gasteiger partial charge < -0.3 is 10.6 Å². The van der Waals surface area contributed by atoms with Crippen LogP contribution in [0.5, 0.6) is 0 Å². The third-order valence-electron chi connectivity index (χ3n) is 3.48. The molecule has 1 aromatic heterocycles. The molecule has 0 aliphatic heterocycles. The summed E-state index contributed by atoms with van der Waals surface area (Å²) in [6, 6.07) is 20.0. The van der Waals surface area contributed by atoms with Crippen LogP contribution in [0.25, 0.3) is 11.4 Å². The molecule has 0 spiro atoms. The van der Waals surface area contributed by atoms with E-state index in [1.165, 1.54) is 5.56 Å². The Morgan fingerprint density at radius 3 is 2.50 bits per heavy atom. The number of hydrogen-bond donors (Lipinski definition) is 2. The van der Waals surface area contributed by atoms with Crippen LogP contribution in [0, 0.1) is 6.92 Å². The van der Waals surface area contributed by atoms with Gasteiger partial charge in [-0.25, -0.2) is 9.97 Å². The molecule has 4 heteroatoms. The first-order valence-electron chi connectivity index (χ1n) is 7.87. The molecule has 0 bridgehead atoms. The fraction of sp³-hybridized carbons (Fsp3) is 0.100. The molecule has 0 amide bonds. The highest BCUT2D eigenvalue weighted by atomic mass is 15.1. The lowest BCUT2D eigenvalue weighted by Crippen LogP contribution is -2.04. The van der Waals surface area contributed by atoms with Crippen molar-refractivity contribution in [3.8, 4) is 11.4 Å². The van der Waals surface area contributed by atoms with Gasteiger partial charge in [0.25, 0.3) is 0 Å². The normalized spacial score (nSPS) is 10.2. The van der Waals surface area contributed by atoms with Gasteiger partial charge in [-0.05, 0) is 24.6 Å². The summed E-state index contributed by atoms with van der Waals surface area (Å²) in [6.45, 7) is 6.45. The van der Waals surface area contributed by atoms with Crippen LogP contribution >= 0.6 is 0 Å². The molecule has 3 aromatic rings. The SMILES string of the molecule is C=CCNc1cc(Nc2cccc(C)c2)nc(-c2ccccc2)n1. The van der Waals surface area contributed by atoms with Gasteiger partial charge in [-0.2, -0.15) is 0 Å². The third-order valence-corrected chi connectivity index (χ3v) is 3.48. The molecule has 0 atom stereocenters. The van der Waals surface area contributed by atoms with Gasteiger partial charge in [-0.15, -0.1) is 6.58 Å². The lowest BCUT2D eigenvalue weighted by atomic mass is 10.2. The van der Waals surface area contributed by atoms with Gasteiger partial charge in [0.1, 0.15) is 11.6 Å². The van der Waals surface area contributed by atoms with Crippen LogP contribution in [-0.4, -0.2) is 16.5 Å². The van der Waals surface area contributed by atoms with Crippen LogP contribution < -0.4 is 10.6 Å². The van der Waals surface area contributed by atoms with Crippen molar-refractivity contribution in [1.29, 1.82) is 0 Å². The maximum Gasteiger partial charge on any atom is 0.163 e. The van der Waals surface area contributed by atoms with Gasteiger partial charge in [-0.3, -0.25) is 0 Å². The molecule has 3 rings (SSSR count). The molecule has 0 saturated carbocycles. The van der Waals surface area contributed by atoms with Crippen LogP contribution in [0.15, 0.2) is 73.3 Å². The Labute approximate surface area is 142 Å². The first-order chi connectivity index (χ1) is 11.7. The van der Waals surface area contributed by atoms with E-state index in [1.807, 2.05) is 48.5 Å². The molecule has 4 nitrogen and oxygen atoms in total. The highest BCUT2D eigenvalue weighted by molar-refractivity contribution is 5.65. The van der Waals surface area contributed by atoms with Crippen molar-refractivity contribution in [3.05, 3.63) is 78.9 Å². The Morgan fingerprint density at radius 2 is 1.75 bits per heavy atom. The van der Waals surface area contributed by atoms with Gasteiger partial charge in [0.15, 0.2) is 5.82 Å². The van der Waals surface area contributed by atoms with Crippen LogP contribution in [-0.2, 0) is 0 Å². The number of benzene rings is 2. The molecule has 2 aromatic carbocycles. The van der Waals surface area contributed by atoms with Gasteiger partial charge in [0.05, 0.1) is 0 Å². The highest BCUT2D eigenvalue weighted by Crippen LogP contribution is 2.23. The zero-order valence-corrected chi connectivity index (χ0v) is 13.7. The fourth-order valence-electron chi connectivity index (χ4n) is 2.37. The van der Waals surface area contributed by atoms with Gasteiger partial charge in [0, 0.05) is 23.9 Å². The minimum atomic E-state index is 0.648. The molecule has 0 unspecified atom stereocenters. The number of aryl methyl sites for hydroxylation is 1. The Kier molecular flexibility index (Phi) is 4.87. The smallest absolute Gasteiger partial charge is 0.163 e. The molecule has 1 heterocycles. The summed E-state index contributed by atoms with van der Waals surface area (Å²) < 4.78 is 0. The zero-order chi connectivity index (χ0) is 16.8. The van der Waals surface area contributed by atoms with Gasteiger partial charge in [0.2, 0.25) is 0 Å². The Bertz CT molecular complexity index is 828. The molecule has 0 fully saturated rings. The third kappa shape index (κ3) is 3.98. The molecular weight excluding hydrogens is 296 g/mol. The first kappa shape index (κ1) is 15.7. The molecular formula is C20H20N4. The first-order valence-corrected chi connectivity index (χ1v) is 7.87. The van der Waals surface area contributed by atoms with Crippen molar-refractivity contribution in [2.24, 2.45) is 0 Å². The van der Waals surface area contributed by atoms with E-state index in [9.17, 15) is 0 Å². The van der Waals surface area contributed by atoms with Gasteiger partial charge >= 0.3 is 0 Å². The van der Waals surface area contributed by atoms with E-state index in [2.05, 4.69) is 46.2 Å². The molecule has 2 N–H and O–H groups in total. The van der Waals surface area contributed by atoms with Crippen LogP contribution in [0.2, 0.25) is 0 Å². The molecule has 0 radical (unpaired) electrons. The quantitative estimate of drug-likeness (QED) is 0.642. The Morgan fingerprint density at radius 1 is 0.958 bits per heavy atom. The van der Waals surface area contributed by atoms with E-state index >= 15 is 0 Å². The zero-order valence-electron chi connectivity index (χ0n) is 13.7. The Hall–Kier alpha value is -3.14. The fourth-order valence-corrected chi connectivity index (χ4v) is 2.37. The second kappa shape index (κ2) is 7.42. The van der Waals surface area contributed by atoms with Crippen molar-refractivity contribution in [1.82, 2.24) is 9.97 Å². The average molecular weight is 316 g/mol. The van der Waals surface area contributed by atoms with E-state index in [1.54, 1.807) is 6.08 Å². The minimum Gasteiger partial charge on any atom is -0.366 e. The summed E-state index contributed by atoms with van der Waals surface area (Å²) in [5.74, 6) is 2.19. The molecule has 120 valence electrons. The highest BCUT2D eigenvalue weighted by Gasteiger charge is 2.07. The number of hydrogen-bond acceptors (Lipinski definition) is 4. The number of anilines is 3. The largest absolute Gasteiger partial charge is 0.366 e. The van der Waals surface area contributed by atoms with Crippen molar-refractivity contribution in [3.63, 3.8) is 0 Å². The van der Waals surface area contributed by atoms with Crippen molar-refractivity contribution in [2.45, 2.75) is 6.92 Å². The molecule has 24 heavy (non-hydrogen) atoms. The average Bonchev–Trinajstić information content (AvgIpc) is 2.60. The number of nitrogens with zero attached hydrogens (tertiary/aromatic N) is 2. The maximum absolute atomic E-state index is 4.65. The lowest BCUT2D eigenvalue weighted by Gasteiger charge is -2.11. The number of rotatable bonds is 6. The number of aromatic nitrogens is 2. The Balaban J connectivity index is 1.96. The van der Waals surface area contributed by atoms with Crippen LogP contribution in [0.1, 0.15) is 5.56 Å². The summed E-state index contributed by atoms with van der Waals surface area (Å²) >= 11 is 0. The predicted molar refractivity (Wildman–Crippen MR) is 101 cm³/mol.